The summed E-state index contributed by atoms with van der Waals surface area (Å²) in [7, 11) is 5.00. The van der Waals surface area contributed by atoms with Crippen molar-refractivity contribution in [3.63, 3.8) is 0 Å². The third-order valence-corrected chi connectivity index (χ3v) is 4.90. The maximum Gasteiger partial charge on any atom is 0.241 e. The lowest BCUT2D eigenvalue weighted by Crippen LogP contribution is -2.43. The number of likely N-dealkylation sites (N-methyl/N-ethyl adjacent to an activating group) is 1. The van der Waals surface area contributed by atoms with Gasteiger partial charge >= 0.3 is 0 Å². The predicted octanol–water partition coefficient (Wildman–Crippen LogP) is 2.55. The summed E-state index contributed by atoms with van der Waals surface area (Å²) < 4.78 is 10.4. The highest BCUT2D eigenvalue weighted by molar-refractivity contribution is 5.97. The highest BCUT2D eigenvalue weighted by atomic mass is 16.5. The van der Waals surface area contributed by atoms with Crippen LogP contribution in [0.5, 0.6) is 11.5 Å². The minimum Gasteiger partial charge on any atom is -0.497 e. The number of aryl methyl sites for hydroxylation is 1. The van der Waals surface area contributed by atoms with E-state index in [1.807, 2.05) is 18.2 Å². The molecule has 1 N–H and O–H groups in total. The van der Waals surface area contributed by atoms with Gasteiger partial charge in [-0.25, -0.2) is 0 Å². The number of carbonyl (C=O) groups excluding carboxylic acids is 2. The summed E-state index contributed by atoms with van der Waals surface area (Å²) in [5, 5.41) is 2.83. The number of anilines is 2. The van der Waals surface area contributed by atoms with Crippen LogP contribution in [0.25, 0.3) is 0 Å². The number of nitrogens with zero attached hydrogens (tertiary/aromatic N) is 2. The molecule has 29 heavy (non-hydrogen) atoms. The Morgan fingerprint density at radius 1 is 1.03 bits per heavy atom. The standard InChI is InChI=1S/C22H27N3O4/c1-24(14-21(26)23-17-6-8-18(28-2)9-7-17)15-22(27)25-12-4-5-16-13-19(29-3)10-11-20(16)25/h6-11,13H,4-5,12,14-15H2,1-3H3,(H,23,26). The number of fused-ring (bicyclic) bond motifs is 1. The summed E-state index contributed by atoms with van der Waals surface area (Å²) in [5.74, 6) is 1.33. The number of nitrogens with one attached hydrogen (secondary N) is 1. The zero-order valence-corrected chi connectivity index (χ0v) is 17.1. The van der Waals surface area contributed by atoms with Crippen molar-refractivity contribution < 1.29 is 19.1 Å². The summed E-state index contributed by atoms with van der Waals surface area (Å²) in [6.45, 7) is 0.979. The Bertz CT molecular complexity index is 867. The maximum absolute atomic E-state index is 12.8. The third kappa shape index (κ3) is 5.26. The minimum atomic E-state index is -0.172. The maximum atomic E-state index is 12.8. The van der Waals surface area contributed by atoms with Gasteiger partial charge in [-0.05, 0) is 67.9 Å². The Balaban J connectivity index is 1.56. The van der Waals surface area contributed by atoms with Crippen LogP contribution in [-0.2, 0) is 16.0 Å². The average Bonchev–Trinajstić information content (AvgIpc) is 2.73. The number of rotatable bonds is 7. The van der Waals surface area contributed by atoms with Gasteiger partial charge in [0.15, 0.2) is 0 Å². The lowest BCUT2D eigenvalue weighted by molar-refractivity contribution is -0.121. The van der Waals surface area contributed by atoms with Crippen LogP contribution >= 0.6 is 0 Å². The lowest BCUT2D eigenvalue weighted by atomic mass is 10.0. The van der Waals surface area contributed by atoms with Gasteiger partial charge in [-0.3, -0.25) is 14.5 Å². The van der Waals surface area contributed by atoms with Crippen molar-refractivity contribution in [1.82, 2.24) is 4.90 Å². The SMILES string of the molecule is COc1ccc(NC(=O)CN(C)CC(=O)N2CCCc3cc(OC)ccc32)cc1. The van der Waals surface area contributed by atoms with E-state index in [9.17, 15) is 9.59 Å². The highest BCUT2D eigenvalue weighted by Gasteiger charge is 2.24. The number of amides is 2. The zero-order chi connectivity index (χ0) is 20.8. The lowest BCUT2D eigenvalue weighted by Gasteiger charge is -2.31. The van der Waals surface area contributed by atoms with E-state index in [0.29, 0.717) is 12.2 Å². The zero-order valence-electron chi connectivity index (χ0n) is 17.1. The number of methoxy groups -OCH3 is 2. The molecule has 0 spiro atoms. The quantitative estimate of drug-likeness (QED) is 0.778. The van der Waals surface area contributed by atoms with E-state index in [0.717, 1.165) is 35.6 Å². The summed E-state index contributed by atoms with van der Waals surface area (Å²) in [6, 6.07) is 12.9. The fraction of sp³-hybridized carbons (Fsp3) is 0.364. The second-order valence-corrected chi connectivity index (χ2v) is 7.09. The Kier molecular flexibility index (Phi) is 6.72. The molecule has 3 rings (SSSR count). The van der Waals surface area contributed by atoms with E-state index in [-0.39, 0.29) is 24.9 Å². The van der Waals surface area contributed by atoms with Crippen molar-refractivity contribution in [1.29, 1.82) is 0 Å². The molecule has 2 aromatic carbocycles. The smallest absolute Gasteiger partial charge is 0.241 e. The Hall–Kier alpha value is -3.06. The van der Waals surface area contributed by atoms with Gasteiger partial charge in [0.25, 0.3) is 0 Å². The van der Waals surface area contributed by atoms with E-state index >= 15 is 0 Å². The van der Waals surface area contributed by atoms with E-state index < -0.39 is 0 Å². The average molecular weight is 397 g/mol. The summed E-state index contributed by atoms with van der Waals surface area (Å²) in [5.41, 5.74) is 2.73. The van der Waals surface area contributed by atoms with Gasteiger partial charge in [0.05, 0.1) is 27.3 Å². The van der Waals surface area contributed by atoms with Gasteiger partial charge in [0.1, 0.15) is 11.5 Å². The van der Waals surface area contributed by atoms with Crippen LogP contribution in [0.4, 0.5) is 11.4 Å². The van der Waals surface area contributed by atoms with Crippen molar-refractivity contribution in [2.45, 2.75) is 12.8 Å². The Morgan fingerprint density at radius 2 is 1.72 bits per heavy atom. The van der Waals surface area contributed by atoms with Crippen molar-refractivity contribution >= 4 is 23.2 Å². The summed E-state index contributed by atoms with van der Waals surface area (Å²) >= 11 is 0. The Morgan fingerprint density at radius 3 is 2.41 bits per heavy atom. The van der Waals surface area contributed by atoms with Gasteiger partial charge in [-0.1, -0.05) is 0 Å². The second-order valence-electron chi connectivity index (χ2n) is 7.09. The molecule has 0 aromatic heterocycles. The molecule has 2 amide bonds. The molecule has 0 saturated heterocycles. The van der Waals surface area contributed by atoms with Crippen molar-refractivity contribution in [2.75, 3.05) is 51.1 Å². The minimum absolute atomic E-state index is 0.0177. The first-order chi connectivity index (χ1) is 14.0. The molecule has 2 aromatic rings. The molecule has 0 aliphatic carbocycles. The summed E-state index contributed by atoms with van der Waals surface area (Å²) in [6.07, 6.45) is 1.84. The summed E-state index contributed by atoms with van der Waals surface area (Å²) in [4.78, 5) is 28.6. The number of hydrogen-bond acceptors (Lipinski definition) is 5. The first-order valence-electron chi connectivity index (χ1n) is 9.60. The molecule has 1 aliphatic rings. The normalized spacial score (nSPS) is 13.0. The van der Waals surface area contributed by atoms with E-state index in [4.69, 9.17) is 9.47 Å². The van der Waals surface area contributed by atoms with Crippen LogP contribution in [0.15, 0.2) is 42.5 Å². The number of ether oxygens (including phenoxy) is 2. The van der Waals surface area contributed by atoms with Gasteiger partial charge in [0.2, 0.25) is 11.8 Å². The van der Waals surface area contributed by atoms with Gasteiger partial charge in [-0.15, -0.1) is 0 Å². The first kappa shape index (κ1) is 20.7. The number of benzene rings is 2. The van der Waals surface area contributed by atoms with Crippen LogP contribution in [0.3, 0.4) is 0 Å². The van der Waals surface area contributed by atoms with Crippen LogP contribution in [-0.4, -0.2) is 57.6 Å². The fourth-order valence-electron chi connectivity index (χ4n) is 3.45. The van der Waals surface area contributed by atoms with E-state index in [2.05, 4.69) is 5.32 Å². The molecule has 0 unspecified atom stereocenters. The molecule has 0 fully saturated rings. The number of carbonyl (C=O) groups is 2. The highest BCUT2D eigenvalue weighted by Crippen LogP contribution is 2.30. The first-order valence-corrected chi connectivity index (χ1v) is 9.60. The molecular weight excluding hydrogens is 370 g/mol. The molecule has 1 heterocycles. The fourth-order valence-corrected chi connectivity index (χ4v) is 3.45. The largest absolute Gasteiger partial charge is 0.497 e. The van der Waals surface area contributed by atoms with Gasteiger partial charge < -0.3 is 19.7 Å². The predicted molar refractivity (Wildman–Crippen MR) is 113 cm³/mol. The molecule has 0 bridgehead atoms. The third-order valence-electron chi connectivity index (χ3n) is 4.90. The topological polar surface area (TPSA) is 71.1 Å². The van der Waals surface area contributed by atoms with Gasteiger partial charge in [-0.2, -0.15) is 0 Å². The Labute approximate surface area is 171 Å². The molecule has 7 heteroatoms. The molecule has 0 atom stereocenters. The molecule has 1 aliphatic heterocycles. The number of hydrogen-bond donors (Lipinski definition) is 1. The van der Waals surface area contributed by atoms with E-state index in [1.165, 1.54) is 0 Å². The van der Waals surface area contributed by atoms with Crippen molar-refractivity contribution in [2.24, 2.45) is 0 Å². The monoisotopic (exact) mass is 397 g/mol. The van der Waals surface area contributed by atoms with Crippen LogP contribution in [0.2, 0.25) is 0 Å². The molecule has 0 radical (unpaired) electrons. The molecule has 0 saturated carbocycles. The van der Waals surface area contributed by atoms with E-state index in [1.54, 1.807) is 55.3 Å². The van der Waals surface area contributed by atoms with Crippen LogP contribution in [0, 0.1) is 0 Å². The van der Waals surface area contributed by atoms with Crippen LogP contribution < -0.4 is 19.7 Å². The van der Waals surface area contributed by atoms with Crippen molar-refractivity contribution in [3.8, 4) is 11.5 Å². The van der Waals surface area contributed by atoms with Crippen LogP contribution in [0.1, 0.15) is 12.0 Å². The second kappa shape index (κ2) is 9.43. The van der Waals surface area contributed by atoms with Gasteiger partial charge in [0, 0.05) is 17.9 Å². The molecular formula is C22H27N3O4. The molecule has 7 nitrogen and oxygen atoms in total. The van der Waals surface area contributed by atoms with Crippen molar-refractivity contribution in [3.05, 3.63) is 48.0 Å². The molecule has 154 valence electrons.